The maximum atomic E-state index is 12.9. The molecule has 0 aromatic heterocycles. The third kappa shape index (κ3) is 4.39. The average Bonchev–Trinajstić information content (AvgIpc) is 2.72. The molecule has 1 aliphatic heterocycles. The molecule has 4 aliphatic carbocycles. The minimum atomic E-state index is -0.0994. The lowest BCUT2D eigenvalue weighted by molar-refractivity contribution is -0.171. The minimum Gasteiger partial charge on any atom is -0.465 e. The third-order valence-corrected chi connectivity index (χ3v) is 8.04. The molecule has 0 amide bonds. The van der Waals surface area contributed by atoms with Gasteiger partial charge in [0.25, 0.3) is 0 Å². The van der Waals surface area contributed by atoms with E-state index in [0.29, 0.717) is 6.61 Å². The summed E-state index contributed by atoms with van der Waals surface area (Å²) in [5.41, 5.74) is 1.30. The Balaban J connectivity index is 1.01. The van der Waals surface area contributed by atoms with Crippen molar-refractivity contribution in [1.29, 1.82) is 0 Å². The molecule has 0 radical (unpaired) electrons. The molecule has 158 valence electrons. The van der Waals surface area contributed by atoms with Crippen molar-refractivity contribution in [2.75, 3.05) is 39.3 Å². The molecule has 1 aromatic rings. The summed E-state index contributed by atoms with van der Waals surface area (Å²) in [6.07, 6.45) is 8.44. The molecule has 1 saturated heterocycles. The summed E-state index contributed by atoms with van der Waals surface area (Å²) in [4.78, 5) is 18.0. The number of carbonyl (C=O) groups excluding carboxylic acids is 1. The SMILES string of the molecule is O=C(OCCCN1CCN(Cc2ccccc2)CC1)C12CC3CC(CC(C3)C1)C2. The number of hydrogen-bond donors (Lipinski definition) is 0. The number of nitrogens with zero attached hydrogens (tertiary/aromatic N) is 2. The van der Waals surface area contributed by atoms with Gasteiger partial charge in [0.1, 0.15) is 0 Å². The predicted molar refractivity (Wildman–Crippen MR) is 114 cm³/mol. The Bertz CT molecular complexity index is 661. The van der Waals surface area contributed by atoms with Gasteiger partial charge in [-0.05, 0) is 68.3 Å². The first-order valence-electron chi connectivity index (χ1n) is 11.8. The van der Waals surface area contributed by atoms with E-state index in [1.807, 2.05) is 0 Å². The smallest absolute Gasteiger partial charge is 0.312 e. The summed E-state index contributed by atoms with van der Waals surface area (Å²) in [5.74, 6) is 2.56. The van der Waals surface area contributed by atoms with Crippen LogP contribution in [0.3, 0.4) is 0 Å². The Morgan fingerprint density at radius 1 is 0.897 bits per heavy atom. The van der Waals surface area contributed by atoms with Gasteiger partial charge in [-0.2, -0.15) is 0 Å². The minimum absolute atomic E-state index is 0.0994. The number of hydrogen-bond acceptors (Lipinski definition) is 4. The highest BCUT2D eigenvalue weighted by Gasteiger charge is 2.55. The van der Waals surface area contributed by atoms with Crippen LogP contribution in [0.15, 0.2) is 30.3 Å². The molecular weight excluding hydrogens is 360 g/mol. The van der Waals surface area contributed by atoms with Crippen LogP contribution < -0.4 is 0 Å². The van der Waals surface area contributed by atoms with Crippen LogP contribution in [0.2, 0.25) is 0 Å². The van der Waals surface area contributed by atoms with E-state index >= 15 is 0 Å². The van der Waals surface area contributed by atoms with Crippen molar-refractivity contribution >= 4 is 5.97 Å². The maximum Gasteiger partial charge on any atom is 0.312 e. The molecule has 0 atom stereocenters. The molecule has 6 rings (SSSR count). The lowest BCUT2D eigenvalue weighted by Crippen LogP contribution is -2.50. The van der Waals surface area contributed by atoms with Crippen molar-refractivity contribution in [3.8, 4) is 0 Å². The molecule has 5 fully saturated rings. The van der Waals surface area contributed by atoms with E-state index in [4.69, 9.17) is 4.74 Å². The fraction of sp³-hybridized carbons (Fsp3) is 0.720. The van der Waals surface area contributed by atoms with Crippen LogP contribution >= 0.6 is 0 Å². The summed E-state index contributed by atoms with van der Waals surface area (Å²) < 4.78 is 5.84. The summed E-state index contributed by atoms with van der Waals surface area (Å²) in [5, 5.41) is 0. The zero-order valence-corrected chi connectivity index (χ0v) is 17.7. The summed E-state index contributed by atoms with van der Waals surface area (Å²) in [6.45, 7) is 7.20. The van der Waals surface area contributed by atoms with Crippen LogP contribution in [0.1, 0.15) is 50.5 Å². The lowest BCUT2D eigenvalue weighted by Gasteiger charge is -2.55. The molecule has 0 N–H and O–H groups in total. The van der Waals surface area contributed by atoms with Gasteiger partial charge in [-0.3, -0.25) is 9.69 Å². The Kier molecular flexibility index (Phi) is 5.66. The van der Waals surface area contributed by atoms with Gasteiger partial charge in [0.05, 0.1) is 12.0 Å². The van der Waals surface area contributed by atoms with Crippen LogP contribution in [0.5, 0.6) is 0 Å². The monoisotopic (exact) mass is 396 g/mol. The number of carbonyl (C=O) groups is 1. The lowest BCUT2D eigenvalue weighted by atomic mass is 9.49. The van der Waals surface area contributed by atoms with Gasteiger partial charge in [0.2, 0.25) is 0 Å². The predicted octanol–water partition coefficient (Wildman–Crippen LogP) is 3.95. The molecule has 1 aromatic carbocycles. The van der Waals surface area contributed by atoms with Crippen molar-refractivity contribution in [3.05, 3.63) is 35.9 Å². The molecule has 0 spiro atoms. The van der Waals surface area contributed by atoms with Crippen LogP contribution in [-0.2, 0) is 16.1 Å². The van der Waals surface area contributed by atoms with Crippen LogP contribution in [0.25, 0.3) is 0 Å². The van der Waals surface area contributed by atoms with Gasteiger partial charge in [0, 0.05) is 39.3 Å². The van der Waals surface area contributed by atoms with Gasteiger partial charge in [0.15, 0.2) is 0 Å². The van der Waals surface area contributed by atoms with E-state index in [-0.39, 0.29) is 11.4 Å². The highest BCUT2D eigenvalue weighted by Crippen LogP contribution is 2.60. The van der Waals surface area contributed by atoms with Gasteiger partial charge < -0.3 is 9.64 Å². The zero-order valence-electron chi connectivity index (χ0n) is 17.7. The Hall–Kier alpha value is -1.39. The van der Waals surface area contributed by atoms with Crippen molar-refractivity contribution < 1.29 is 9.53 Å². The Labute approximate surface area is 175 Å². The molecule has 29 heavy (non-hydrogen) atoms. The Morgan fingerprint density at radius 3 is 2.10 bits per heavy atom. The van der Waals surface area contributed by atoms with Crippen LogP contribution in [0.4, 0.5) is 0 Å². The van der Waals surface area contributed by atoms with Gasteiger partial charge >= 0.3 is 5.97 Å². The number of ether oxygens (including phenoxy) is 1. The van der Waals surface area contributed by atoms with E-state index in [0.717, 1.165) is 82.7 Å². The average molecular weight is 397 g/mol. The van der Waals surface area contributed by atoms with E-state index in [1.54, 1.807) is 0 Å². The molecule has 4 heteroatoms. The maximum absolute atomic E-state index is 12.9. The highest BCUT2D eigenvalue weighted by atomic mass is 16.5. The molecular formula is C25H36N2O2. The van der Waals surface area contributed by atoms with E-state index in [1.165, 1.54) is 24.8 Å². The Morgan fingerprint density at radius 2 is 1.48 bits per heavy atom. The second-order valence-electron chi connectivity index (χ2n) is 10.3. The van der Waals surface area contributed by atoms with Crippen LogP contribution in [-0.4, -0.2) is 55.1 Å². The topological polar surface area (TPSA) is 32.8 Å². The van der Waals surface area contributed by atoms with Crippen molar-refractivity contribution in [3.63, 3.8) is 0 Å². The van der Waals surface area contributed by atoms with Gasteiger partial charge in [-0.15, -0.1) is 0 Å². The fourth-order valence-corrected chi connectivity index (χ4v) is 6.98. The van der Waals surface area contributed by atoms with Crippen molar-refractivity contribution in [2.45, 2.75) is 51.5 Å². The van der Waals surface area contributed by atoms with Gasteiger partial charge in [-0.1, -0.05) is 30.3 Å². The van der Waals surface area contributed by atoms with E-state index in [2.05, 4.69) is 40.1 Å². The highest BCUT2D eigenvalue weighted by molar-refractivity contribution is 5.77. The van der Waals surface area contributed by atoms with Crippen molar-refractivity contribution in [1.82, 2.24) is 9.80 Å². The summed E-state index contributed by atoms with van der Waals surface area (Å²) >= 11 is 0. The molecule has 4 saturated carbocycles. The first kappa shape index (κ1) is 19.6. The summed E-state index contributed by atoms with van der Waals surface area (Å²) in [6, 6.07) is 10.7. The van der Waals surface area contributed by atoms with Crippen molar-refractivity contribution in [2.24, 2.45) is 23.2 Å². The number of rotatable bonds is 7. The van der Waals surface area contributed by atoms with E-state index in [9.17, 15) is 4.79 Å². The normalized spacial score (nSPS) is 34.4. The zero-order chi connectivity index (χ0) is 19.7. The molecule has 4 nitrogen and oxygen atoms in total. The van der Waals surface area contributed by atoms with Crippen LogP contribution in [0, 0.1) is 23.2 Å². The summed E-state index contributed by atoms with van der Waals surface area (Å²) in [7, 11) is 0. The fourth-order valence-electron chi connectivity index (χ4n) is 6.98. The molecule has 0 unspecified atom stereocenters. The van der Waals surface area contributed by atoms with Gasteiger partial charge in [-0.25, -0.2) is 0 Å². The third-order valence-electron chi connectivity index (χ3n) is 8.04. The number of esters is 1. The second kappa shape index (κ2) is 8.39. The second-order valence-corrected chi connectivity index (χ2v) is 10.3. The number of benzene rings is 1. The quantitative estimate of drug-likeness (QED) is 0.516. The molecule has 5 aliphatic rings. The first-order chi connectivity index (χ1) is 14.2. The molecule has 1 heterocycles. The molecule has 4 bridgehead atoms. The first-order valence-corrected chi connectivity index (χ1v) is 11.8. The van der Waals surface area contributed by atoms with E-state index < -0.39 is 0 Å². The number of piperazine rings is 1. The standard InChI is InChI=1S/C25H36N2O2/c28-24(25-16-21-13-22(17-25)15-23(14-21)18-25)29-12-4-7-26-8-10-27(11-9-26)19-20-5-2-1-3-6-20/h1-3,5-6,21-23H,4,7-19H2. The largest absolute Gasteiger partial charge is 0.465 e.